The van der Waals surface area contributed by atoms with Crippen molar-refractivity contribution >= 4 is 29.3 Å². The van der Waals surface area contributed by atoms with Crippen LogP contribution in [0.1, 0.15) is 16.2 Å². The molecule has 2 N–H and O–H groups in total. The van der Waals surface area contributed by atoms with Crippen LogP contribution in [0.4, 0.5) is 4.79 Å². The molecule has 2 rings (SSSR count). The van der Waals surface area contributed by atoms with Crippen LogP contribution in [-0.2, 0) is 20.9 Å². The maximum atomic E-state index is 12.0. The number of rotatable bonds is 6. The van der Waals surface area contributed by atoms with Gasteiger partial charge in [-0.3, -0.25) is 14.5 Å². The van der Waals surface area contributed by atoms with Crippen LogP contribution in [0.3, 0.4) is 0 Å². The Morgan fingerprint density at radius 2 is 2.29 bits per heavy atom. The highest BCUT2D eigenvalue weighted by atomic mass is 32.1. The lowest BCUT2D eigenvalue weighted by Gasteiger charge is -2.19. The molecule has 1 aromatic rings. The van der Waals surface area contributed by atoms with Gasteiger partial charge in [0.2, 0.25) is 5.91 Å². The first-order valence-electron chi connectivity index (χ1n) is 6.45. The largest absolute Gasteiger partial charge is 0.481 e. The van der Waals surface area contributed by atoms with E-state index in [0.29, 0.717) is 6.54 Å². The summed E-state index contributed by atoms with van der Waals surface area (Å²) in [5, 5.41) is 11.1. The summed E-state index contributed by atoms with van der Waals surface area (Å²) < 4.78 is 4.92. The zero-order valence-electron chi connectivity index (χ0n) is 11.5. The van der Waals surface area contributed by atoms with Crippen molar-refractivity contribution in [1.29, 1.82) is 0 Å². The number of aliphatic carboxylic acids is 1. The molecule has 0 aliphatic carbocycles. The van der Waals surface area contributed by atoms with Gasteiger partial charge < -0.3 is 15.2 Å². The van der Waals surface area contributed by atoms with Crippen LogP contribution in [0.2, 0.25) is 0 Å². The predicted octanol–water partition coefficient (Wildman–Crippen LogP) is 0.968. The van der Waals surface area contributed by atoms with Crippen molar-refractivity contribution in [2.24, 2.45) is 0 Å². The van der Waals surface area contributed by atoms with Crippen molar-refractivity contribution < 1.29 is 24.2 Å². The zero-order chi connectivity index (χ0) is 15.4. The van der Waals surface area contributed by atoms with Crippen molar-refractivity contribution in [3.8, 4) is 0 Å². The zero-order valence-corrected chi connectivity index (χ0v) is 12.3. The SMILES string of the molecule is Cc1ccc(CN2C(=O)OC[C@H]2C(=O)NCCC(=O)O)s1. The van der Waals surface area contributed by atoms with Gasteiger partial charge in [-0.2, -0.15) is 0 Å². The van der Waals surface area contributed by atoms with Crippen molar-refractivity contribution in [3.63, 3.8) is 0 Å². The molecule has 0 radical (unpaired) electrons. The number of carboxylic acid groups (broad SMARTS) is 1. The maximum Gasteiger partial charge on any atom is 0.410 e. The number of ether oxygens (including phenoxy) is 1. The topological polar surface area (TPSA) is 95.9 Å². The summed E-state index contributed by atoms with van der Waals surface area (Å²) in [5.74, 6) is -1.38. The Bertz CT molecular complexity index is 557. The summed E-state index contributed by atoms with van der Waals surface area (Å²) in [4.78, 5) is 37.6. The van der Waals surface area contributed by atoms with Crippen LogP contribution < -0.4 is 5.32 Å². The number of carbonyl (C=O) groups excluding carboxylic acids is 2. The van der Waals surface area contributed by atoms with E-state index in [1.54, 1.807) is 11.3 Å². The maximum absolute atomic E-state index is 12.0. The van der Waals surface area contributed by atoms with Crippen LogP contribution >= 0.6 is 11.3 Å². The Kier molecular flexibility index (Phi) is 4.79. The summed E-state index contributed by atoms with van der Waals surface area (Å²) in [5.41, 5.74) is 0. The molecular weight excluding hydrogens is 296 g/mol. The summed E-state index contributed by atoms with van der Waals surface area (Å²) >= 11 is 1.55. The average molecular weight is 312 g/mol. The van der Waals surface area contributed by atoms with E-state index >= 15 is 0 Å². The number of aryl methyl sites for hydroxylation is 1. The smallest absolute Gasteiger partial charge is 0.410 e. The molecule has 0 aromatic carbocycles. The van der Waals surface area contributed by atoms with E-state index in [-0.39, 0.29) is 19.6 Å². The Morgan fingerprint density at radius 3 is 2.90 bits per heavy atom. The van der Waals surface area contributed by atoms with E-state index in [0.717, 1.165) is 9.75 Å². The molecule has 21 heavy (non-hydrogen) atoms. The fourth-order valence-electron chi connectivity index (χ4n) is 1.99. The quantitative estimate of drug-likeness (QED) is 0.816. The number of hydrogen-bond acceptors (Lipinski definition) is 5. The van der Waals surface area contributed by atoms with Gasteiger partial charge in [0.15, 0.2) is 0 Å². The monoisotopic (exact) mass is 312 g/mol. The molecule has 1 aliphatic rings. The van der Waals surface area contributed by atoms with Crippen LogP contribution in [0.15, 0.2) is 12.1 Å². The molecule has 114 valence electrons. The van der Waals surface area contributed by atoms with E-state index in [9.17, 15) is 14.4 Å². The number of cyclic esters (lactones) is 1. The van der Waals surface area contributed by atoms with Crippen molar-refractivity contribution in [1.82, 2.24) is 10.2 Å². The second-order valence-electron chi connectivity index (χ2n) is 4.67. The molecule has 2 amide bonds. The number of carbonyl (C=O) groups is 3. The van der Waals surface area contributed by atoms with Crippen molar-refractivity contribution in [2.75, 3.05) is 13.2 Å². The van der Waals surface area contributed by atoms with Gasteiger partial charge in [-0.25, -0.2) is 4.79 Å². The Balaban J connectivity index is 1.95. The second kappa shape index (κ2) is 6.57. The normalized spacial score (nSPS) is 17.7. The number of thiophene rings is 1. The molecular formula is C13H16N2O5S. The number of nitrogens with zero attached hydrogens (tertiary/aromatic N) is 1. The summed E-state index contributed by atoms with van der Waals surface area (Å²) in [7, 11) is 0. The lowest BCUT2D eigenvalue weighted by atomic mass is 10.2. The molecule has 0 saturated carbocycles. The molecule has 1 aromatic heterocycles. The first kappa shape index (κ1) is 15.3. The molecule has 8 heteroatoms. The van der Waals surface area contributed by atoms with Crippen molar-refractivity contribution in [2.45, 2.75) is 25.9 Å². The lowest BCUT2D eigenvalue weighted by molar-refractivity contribution is -0.137. The van der Waals surface area contributed by atoms with Crippen LogP contribution in [-0.4, -0.2) is 47.2 Å². The van der Waals surface area contributed by atoms with Gasteiger partial charge in [-0.05, 0) is 19.1 Å². The molecule has 1 atom stereocenters. The van der Waals surface area contributed by atoms with Gasteiger partial charge in [0.1, 0.15) is 12.6 Å². The Labute approximate surface area is 125 Å². The standard InChI is InChI=1S/C13H16N2O5S/c1-8-2-3-9(21-8)6-15-10(7-20-13(15)19)12(18)14-5-4-11(16)17/h2-3,10H,4-7H2,1H3,(H,14,18)(H,16,17)/t10-/m0/s1. The van der Waals surface area contributed by atoms with E-state index in [2.05, 4.69) is 5.32 Å². The van der Waals surface area contributed by atoms with Gasteiger partial charge in [-0.1, -0.05) is 0 Å². The van der Waals surface area contributed by atoms with Crippen molar-refractivity contribution in [3.05, 3.63) is 21.9 Å². The molecule has 0 unspecified atom stereocenters. The minimum Gasteiger partial charge on any atom is -0.481 e. The minimum absolute atomic E-state index is 0.0118. The fourth-order valence-corrected chi connectivity index (χ4v) is 2.88. The lowest BCUT2D eigenvalue weighted by Crippen LogP contribution is -2.45. The molecule has 2 heterocycles. The first-order chi connectivity index (χ1) is 9.97. The molecule has 0 bridgehead atoms. The Hall–Kier alpha value is -2.09. The van der Waals surface area contributed by atoms with Gasteiger partial charge >= 0.3 is 12.1 Å². The second-order valence-corrected chi connectivity index (χ2v) is 6.04. The van der Waals surface area contributed by atoms with Crippen LogP contribution in [0.25, 0.3) is 0 Å². The third-order valence-electron chi connectivity index (χ3n) is 3.04. The van der Waals surface area contributed by atoms with Gasteiger partial charge in [0.05, 0.1) is 13.0 Å². The Morgan fingerprint density at radius 1 is 1.52 bits per heavy atom. The predicted molar refractivity (Wildman–Crippen MR) is 75.0 cm³/mol. The van der Waals surface area contributed by atoms with E-state index < -0.39 is 24.0 Å². The van der Waals surface area contributed by atoms with Crippen LogP contribution in [0, 0.1) is 6.92 Å². The third kappa shape index (κ3) is 3.94. The van der Waals surface area contributed by atoms with Gasteiger partial charge in [0, 0.05) is 16.3 Å². The number of hydrogen-bond donors (Lipinski definition) is 2. The first-order valence-corrected chi connectivity index (χ1v) is 7.27. The summed E-state index contributed by atoms with van der Waals surface area (Å²) in [6.45, 7) is 2.30. The number of nitrogens with one attached hydrogen (secondary N) is 1. The molecule has 1 fully saturated rings. The minimum atomic E-state index is -0.986. The highest BCUT2D eigenvalue weighted by Crippen LogP contribution is 2.21. The fraction of sp³-hybridized carbons (Fsp3) is 0.462. The average Bonchev–Trinajstić information content (AvgIpc) is 2.97. The van der Waals surface area contributed by atoms with E-state index in [1.807, 2.05) is 19.1 Å². The van der Waals surface area contributed by atoms with Gasteiger partial charge in [0.25, 0.3) is 0 Å². The van der Waals surface area contributed by atoms with E-state index in [1.165, 1.54) is 4.90 Å². The van der Waals surface area contributed by atoms with Gasteiger partial charge in [-0.15, -0.1) is 11.3 Å². The highest BCUT2D eigenvalue weighted by molar-refractivity contribution is 7.11. The third-order valence-corrected chi connectivity index (χ3v) is 4.02. The molecule has 7 nitrogen and oxygen atoms in total. The number of amides is 2. The molecule has 1 aliphatic heterocycles. The molecule has 1 saturated heterocycles. The summed E-state index contributed by atoms with van der Waals surface area (Å²) in [6, 6.07) is 3.14. The highest BCUT2D eigenvalue weighted by Gasteiger charge is 2.38. The molecule has 0 spiro atoms. The van der Waals surface area contributed by atoms with E-state index in [4.69, 9.17) is 9.84 Å². The van der Waals surface area contributed by atoms with Crippen LogP contribution in [0.5, 0.6) is 0 Å². The number of carboxylic acids is 1. The summed E-state index contributed by atoms with van der Waals surface area (Å²) in [6.07, 6.45) is -0.684.